The van der Waals surface area contributed by atoms with Gasteiger partial charge in [0.2, 0.25) is 0 Å². The molecule has 0 saturated carbocycles. The van der Waals surface area contributed by atoms with Crippen LogP contribution in [-0.2, 0) is 6.54 Å². The molecule has 0 atom stereocenters. The molecule has 2 aromatic rings. The van der Waals surface area contributed by atoms with Crippen molar-refractivity contribution in [2.75, 3.05) is 0 Å². The molecule has 4 nitrogen and oxygen atoms in total. The molecule has 2 rings (SSSR count). The van der Waals surface area contributed by atoms with Crippen LogP contribution in [0.4, 0.5) is 0 Å². The van der Waals surface area contributed by atoms with Crippen LogP contribution >= 0.6 is 23.2 Å². The lowest BCUT2D eigenvalue weighted by atomic mass is 10.2. The molecule has 0 aliphatic carbocycles. The van der Waals surface area contributed by atoms with Gasteiger partial charge in [-0.15, -0.1) is 0 Å². The standard InChI is InChI=1S/C11H8Cl2N2O2/c12-9-5-14-15(11(17)10(9)13)6-7-1-3-8(16)4-2-7/h1-5,16H,6H2. The SMILES string of the molecule is O=c1c(Cl)c(Cl)cnn1Cc1ccc(O)cc1. The van der Waals surface area contributed by atoms with Gasteiger partial charge in [-0.1, -0.05) is 35.3 Å². The predicted molar refractivity (Wildman–Crippen MR) is 65.7 cm³/mol. The maximum Gasteiger partial charge on any atom is 0.287 e. The summed E-state index contributed by atoms with van der Waals surface area (Å²) in [6.45, 7) is 0.274. The van der Waals surface area contributed by atoms with Gasteiger partial charge in [-0.05, 0) is 17.7 Å². The maximum absolute atomic E-state index is 11.7. The molecule has 0 amide bonds. The van der Waals surface area contributed by atoms with Gasteiger partial charge in [-0.25, -0.2) is 4.68 Å². The Morgan fingerprint density at radius 1 is 1.24 bits per heavy atom. The van der Waals surface area contributed by atoms with Crippen molar-refractivity contribution in [3.05, 3.63) is 56.4 Å². The zero-order valence-electron chi connectivity index (χ0n) is 8.60. The summed E-state index contributed by atoms with van der Waals surface area (Å²) in [7, 11) is 0. The highest BCUT2D eigenvalue weighted by molar-refractivity contribution is 6.41. The molecule has 0 saturated heterocycles. The second-order valence-electron chi connectivity index (χ2n) is 3.44. The lowest BCUT2D eigenvalue weighted by Gasteiger charge is -2.05. The van der Waals surface area contributed by atoms with Gasteiger partial charge in [0.15, 0.2) is 0 Å². The zero-order chi connectivity index (χ0) is 12.4. The summed E-state index contributed by atoms with van der Waals surface area (Å²) in [5, 5.41) is 13.1. The molecule has 1 aromatic heterocycles. The van der Waals surface area contributed by atoms with Crippen molar-refractivity contribution in [2.24, 2.45) is 0 Å². The summed E-state index contributed by atoms with van der Waals surface area (Å²) in [6.07, 6.45) is 1.33. The Hall–Kier alpha value is -1.52. The Kier molecular flexibility index (Phi) is 3.36. The lowest BCUT2D eigenvalue weighted by Crippen LogP contribution is -2.23. The molecule has 1 aromatic carbocycles. The third-order valence-electron chi connectivity index (χ3n) is 2.21. The minimum Gasteiger partial charge on any atom is -0.508 e. The highest BCUT2D eigenvalue weighted by Gasteiger charge is 2.07. The van der Waals surface area contributed by atoms with E-state index in [1.807, 2.05) is 0 Å². The van der Waals surface area contributed by atoms with E-state index < -0.39 is 5.56 Å². The summed E-state index contributed by atoms with van der Waals surface area (Å²) in [6, 6.07) is 6.48. The Labute approximate surface area is 107 Å². The molecule has 0 aliphatic rings. The van der Waals surface area contributed by atoms with E-state index in [4.69, 9.17) is 28.3 Å². The van der Waals surface area contributed by atoms with Gasteiger partial charge in [0.25, 0.3) is 5.56 Å². The largest absolute Gasteiger partial charge is 0.508 e. The molecule has 1 heterocycles. The van der Waals surface area contributed by atoms with E-state index >= 15 is 0 Å². The Balaban J connectivity index is 2.34. The smallest absolute Gasteiger partial charge is 0.287 e. The highest BCUT2D eigenvalue weighted by atomic mass is 35.5. The van der Waals surface area contributed by atoms with Gasteiger partial charge in [-0.2, -0.15) is 5.10 Å². The fraction of sp³-hybridized carbons (Fsp3) is 0.0909. The van der Waals surface area contributed by atoms with Crippen LogP contribution in [-0.4, -0.2) is 14.9 Å². The Morgan fingerprint density at radius 3 is 2.53 bits per heavy atom. The fourth-order valence-corrected chi connectivity index (χ4v) is 1.60. The maximum atomic E-state index is 11.7. The summed E-state index contributed by atoms with van der Waals surface area (Å²) in [5.74, 6) is 0.170. The molecule has 1 N–H and O–H groups in total. The first-order valence-electron chi connectivity index (χ1n) is 4.77. The topological polar surface area (TPSA) is 55.1 Å². The highest BCUT2D eigenvalue weighted by Crippen LogP contribution is 2.15. The monoisotopic (exact) mass is 270 g/mol. The quantitative estimate of drug-likeness (QED) is 0.911. The average Bonchev–Trinajstić information content (AvgIpc) is 2.33. The van der Waals surface area contributed by atoms with Gasteiger partial charge in [0.1, 0.15) is 10.8 Å². The summed E-state index contributed by atoms with van der Waals surface area (Å²) >= 11 is 11.4. The summed E-state index contributed by atoms with van der Waals surface area (Å²) in [5.41, 5.74) is 0.392. The molecule has 17 heavy (non-hydrogen) atoms. The van der Waals surface area contributed by atoms with E-state index in [1.54, 1.807) is 12.1 Å². The predicted octanol–water partition coefficient (Wildman–Crippen LogP) is 2.30. The number of nitrogens with zero attached hydrogens (tertiary/aromatic N) is 2. The molecule has 88 valence electrons. The number of halogens is 2. The summed E-state index contributed by atoms with van der Waals surface area (Å²) in [4.78, 5) is 11.7. The lowest BCUT2D eigenvalue weighted by molar-refractivity contribution is 0.475. The number of rotatable bonds is 2. The average molecular weight is 271 g/mol. The number of aromatic nitrogens is 2. The molecule has 6 heteroatoms. The molecule has 0 unspecified atom stereocenters. The summed E-state index contributed by atoms with van der Waals surface area (Å²) < 4.78 is 1.21. The van der Waals surface area contributed by atoms with Crippen LogP contribution in [0.25, 0.3) is 0 Å². The molecule has 0 spiro atoms. The van der Waals surface area contributed by atoms with Crippen molar-refractivity contribution in [1.29, 1.82) is 0 Å². The minimum atomic E-state index is -0.438. The number of phenols is 1. The van der Waals surface area contributed by atoms with Gasteiger partial charge in [0.05, 0.1) is 17.8 Å². The number of aromatic hydroxyl groups is 1. The van der Waals surface area contributed by atoms with Crippen LogP contribution in [0.2, 0.25) is 10.0 Å². The van der Waals surface area contributed by atoms with Gasteiger partial charge < -0.3 is 5.11 Å². The number of hydrogen-bond donors (Lipinski definition) is 1. The van der Waals surface area contributed by atoms with Gasteiger partial charge in [0, 0.05) is 0 Å². The van der Waals surface area contributed by atoms with Gasteiger partial charge >= 0.3 is 0 Å². The second-order valence-corrected chi connectivity index (χ2v) is 4.22. The first-order valence-corrected chi connectivity index (χ1v) is 5.52. The van der Waals surface area contributed by atoms with Crippen molar-refractivity contribution in [1.82, 2.24) is 9.78 Å². The van der Waals surface area contributed by atoms with E-state index in [0.29, 0.717) is 0 Å². The van der Waals surface area contributed by atoms with Gasteiger partial charge in [-0.3, -0.25) is 4.79 Å². The number of phenolic OH excluding ortho intramolecular Hbond substituents is 1. The Morgan fingerprint density at radius 2 is 1.88 bits per heavy atom. The van der Waals surface area contributed by atoms with Crippen molar-refractivity contribution in [3.63, 3.8) is 0 Å². The van der Waals surface area contributed by atoms with E-state index in [-0.39, 0.29) is 22.3 Å². The molecule has 0 fully saturated rings. The van der Waals surface area contributed by atoms with E-state index in [0.717, 1.165) is 5.56 Å². The van der Waals surface area contributed by atoms with E-state index in [9.17, 15) is 4.79 Å². The van der Waals surface area contributed by atoms with E-state index in [2.05, 4.69) is 5.10 Å². The molecule has 0 aliphatic heterocycles. The molecular formula is C11H8Cl2N2O2. The second kappa shape index (κ2) is 4.77. The van der Waals surface area contributed by atoms with Crippen LogP contribution in [0, 0.1) is 0 Å². The fourth-order valence-electron chi connectivity index (χ4n) is 1.33. The van der Waals surface area contributed by atoms with Crippen LogP contribution in [0.1, 0.15) is 5.56 Å². The van der Waals surface area contributed by atoms with Crippen LogP contribution in [0.3, 0.4) is 0 Å². The van der Waals surface area contributed by atoms with E-state index in [1.165, 1.54) is 23.0 Å². The Bertz CT molecular complexity index is 593. The minimum absolute atomic E-state index is 0.0413. The van der Waals surface area contributed by atoms with Crippen LogP contribution < -0.4 is 5.56 Å². The molecule has 0 bridgehead atoms. The number of benzene rings is 1. The third-order valence-corrected chi connectivity index (χ3v) is 2.96. The first-order chi connectivity index (χ1) is 8.08. The van der Waals surface area contributed by atoms with Crippen molar-refractivity contribution in [2.45, 2.75) is 6.54 Å². The van der Waals surface area contributed by atoms with Crippen molar-refractivity contribution in [3.8, 4) is 5.75 Å². The van der Waals surface area contributed by atoms with Crippen LogP contribution in [0.15, 0.2) is 35.3 Å². The first kappa shape index (κ1) is 12.0. The normalized spacial score (nSPS) is 10.5. The zero-order valence-corrected chi connectivity index (χ0v) is 10.1. The van der Waals surface area contributed by atoms with Crippen molar-refractivity contribution < 1.29 is 5.11 Å². The third kappa shape index (κ3) is 2.60. The van der Waals surface area contributed by atoms with Crippen LogP contribution in [0.5, 0.6) is 5.75 Å². The molecule has 0 radical (unpaired) electrons. The molecular weight excluding hydrogens is 263 g/mol. The number of hydrogen-bond acceptors (Lipinski definition) is 3. The van der Waals surface area contributed by atoms with Crippen molar-refractivity contribution >= 4 is 23.2 Å².